The molecule has 0 fully saturated rings. The fourth-order valence-corrected chi connectivity index (χ4v) is 1.89. The summed E-state index contributed by atoms with van der Waals surface area (Å²) < 4.78 is 19.0. The van der Waals surface area contributed by atoms with E-state index >= 15 is 0 Å². The Labute approximate surface area is 113 Å². The Hall–Kier alpha value is -1.87. The fraction of sp³-hybridized carbons (Fsp3) is 0.250. The van der Waals surface area contributed by atoms with Crippen molar-refractivity contribution in [1.29, 1.82) is 0 Å². The lowest BCUT2D eigenvalue weighted by Crippen LogP contribution is -2.02. The maximum Gasteiger partial charge on any atom is 0.165 e. The van der Waals surface area contributed by atoms with Crippen LogP contribution in [0.2, 0.25) is 0 Å². The van der Waals surface area contributed by atoms with Gasteiger partial charge in [0.1, 0.15) is 0 Å². The molecule has 0 aromatic heterocycles. The Morgan fingerprint density at radius 2 is 1.79 bits per heavy atom. The van der Waals surface area contributed by atoms with Gasteiger partial charge in [-0.3, -0.25) is 0 Å². The molecule has 0 aliphatic heterocycles. The molecule has 0 aliphatic carbocycles. The van der Waals surface area contributed by atoms with E-state index in [1.807, 2.05) is 18.2 Å². The lowest BCUT2D eigenvalue weighted by atomic mass is 10.1. The largest absolute Gasteiger partial charge is 0.491 e. The molecule has 0 spiro atoms. The number of nitrogens with two attached hydrogens (primary N) is 1. The summed E-state index contributed by atoms with van der Waals surface area (Å²) >= 11 is 0. The minimum Gasteiger partial charge on any atom is -0.491 e. The highest BCUT2D eigenvalue weighted by atomic mass is 19.1. The van der Waals surface area contributed by atoms with Crippen molar-refractivity contribution < 1.29 is 9.13 Å². The van der Waals surface area contributed by atoms with Gasteiger partial charge < -0.3 is 10.5 Å². The molecule has 0 saturated heterocycles. The average molecular weight is 259 g/mol. The summed E-state index contributed by atoms with van der Waals surface area (Å²) in [7, 11) is 0. The second-order valence-electron chi connectivity index (χ2n) is 4.41. The topological polar surface area (TPSA) is 35.2 Å². The molecule has 2 aromatic rings. The Morgan fingerprint density at radius 3 is 2.47 bits per heavy atom. The van der Waals surface area contributed by atoms with E-state index in [1.54, 1.807) is 12.1 Å². The number of hydrogen-bond acceptors (Lipinski definition) is 2. The minimum atomic E-state index is -0.345. The van der Waals surface area contributed by atoms with Gasteiger partial charge in [-0.15, -0.1) is 0 Å². The van der Waals surface area contributed by atoms with Crippen LogP contribution in [0.5, 0.6) is 5.75 Å². The van der Waals surface area contributed by atoms with E-state index in [9.17, 15) is 4.39 Å². The Kier molecular flexibility index (Phi) is 4.93. The van der Waals surface area contributed by atoms with Crippen molar-refractivity contribution in [1.82, 2.24) is 0 Å². The molecule has 0 bridgehead atoms. The molecule has 100 valence electrons. The van der Waals surface area contributed by atoms with Crippen LogP contribution >= 0.6 is 0 Å². The van der Waals surface area contributed by atoms with Gasteiger partial charge in [0.15, 0.2) is 11.6 Å². The van der Waals surface area contributed by atoms with Crippen molar-refractivity contribution >= 4 is 0 Å². The first kappa shape index (κ1) is 13.6. The summed E-state index contributed by atoms with van der Waals surface area (Å²) in [6.45, 7) is 0.846. The van der Waals surface area contributed by atoms with E-state index in [-0.39, 0.29) is 5.82 Å². The molecule has 0 atom stereocenters. The molecule has 0 aliphatic rings. The summed E-state index contributed by atoms with van der Waals surface area (Å²) in [5, 5.41) is 0. The van der Waals surface area contributed by atoms with Crippen LogP contribution in [0.15, 0.2) is 48.5 Å². The first-order valence-corrected chi connectivity index (χ1v) is 6.45. The summed E-state index contributed by atoms with van der Waals surface area (Å²) in [6, 6.07) is 15.0. The molecule has 2 nitrogen and oxygen atoms in total. The standard InChI is InChI=1S/C16H18FNO/c17-15-11-14(12-18)8-9-16(15)19-10-4-7-13-5-2-1-3-6-13/h1-3,5-6,8-9,11H,4,7,10,12,18H2. The molecule has 19 heavy (non-hydrogen) atoms. The summed E-state index contributed by atoms with van der Waals surface area (Å²) in [5.41, 5.74) is 7.49. The van der Waals surface area contributed by atoms with E-state index in [4.69, 9.17) is 10.5 Å². The zero-order chi connectivity index (χ0) is 13.5. The predicted molar refractivity (Wildman–Crippen MR) is 74.5 cm³/mol. The number of benzene rings is 2. The van der Waals surface area contributed by atoms with Crippen LogP contribution < -0.4 is 10.5 Å². The van der Waals surface area contributed by atoms with Gasteiger partial charge in [0.25, 0.3) is 0 Å². The van der Waals surface area contributed by atoms with Gasteiger partial charge in [-0.1, -0.05) is 36.4 Å². The van der Waals surface area contributed by atoms with Gasteiger partial charge in [-0.2, -0.15) is 0 Å². The van der Waals surface area contributed by atoms with Gasteiger partial charge in [-0.05, 0) is 36.1 Å². The maximum atomic E-state index is 13.6. The van der Waals surface area contributed by atoms with E-state index < -0.39 is 0 Å². The molecule has 2 N–H and O–H groups in total. The second kappa shape index (κ2) is 6.90. The first-order chi connectivity index (χ1) is 9.29. The number of halogens is 1. The van der Waals surface area contributed by atoms with Crippen molar-refractivity contribution in [3.63, 3.8) is 0 Å². The SMILES string of the molecule is NCc1ccc(OCCCc2ccccc2)c(F)c1. The van der Waals surface area contributed by atoms with E-state index in [2.05, 4.69) is 12.1 Å². The van der Waals surface area contributed by atoms with Crippen molar-refractivity contribution in [2.75, 3.05) is 6.61 Å². The van der Waals surface area contributed by atoms with E-state index in [0.29, 0.717) is 18.9 Å². The van der Waals surface area contributed by atoms with Crippen LogP contribution in [-0.4, -0.2) is 6.61 Å². The fourth-order valence-electron chi connectivity index (χ4n) is 1.89. The smallest absolute Gasteiger partial charge is 0.165 e. The van der Waals surface area contributed by atoms with Crippen LogP contribution in [0.4, 0.5) is 4.39 Å². The number of rotatable bonds is 6. The number of hydrogen-bond donors (Lipinski definition) is 1. The van der Waals surface area contributed by atoms with Gasteiger partial charge >= 0.3 is 0 Å². The third-order valence-electron chi connectivity index (χ3n) is 2.94. The third-order valence-corrected chi connectivity index (χ3v) is 2.94. The molecule has 0 unspecified atom stereocenters. The molecular weight excluding hydrogens is 241 g/mol. The van der Waals surface area contributed by atoms with E-state index in [1.165, 1.54) is 11.6 Å². The van der Waals surface area contributed by atoms with Gasteiger partial charge in [0.05, 0.1) is 6.61 Å². The van der Waals surface area contributed by atoms with Crippen molar-refractivity contribution in [3.8, 4) is 5.75 Å². The molecule has 0 amide bonds. The highest BCUT2D eigenvalue weighted by Gasteiger charge is 2.04. The summed E-state index contributed by atoms with van der Waals surface area (Å²) in [6.07, 6.45) is 1.80. The molecule has 0 saturated carbocycles. The van der Waals surface area contributed by atoms with Crippen molar-refractivity contribution in [3.05, 3.63) is 65.5 Å². The summed E-state index contributed by atoms with van der Waals surface area (Å²) in [5.74, 6) is -0.0482. The third kappa shape index (κ3) is 4.07. The van der Waals surface area contributed by atoms with Gasteiger partial charge in [0, 0.05) is 6.54 Å². The molecule has 3 heteroatoms. The molecule has 2 aromatic carbocycles. The lowest BCUT2D eigenvalue weighted by Gasteiger charge is -2.08. The lowest BCUT2D eigenvalue weighted by molar-refractivity contribution is 0.295. The number of ether oxygens (including phenoxy) is 1. The quantitative estimate of drug-likeness (QED) is 0.808. The van der Waals surface area contributed by atoms with Crippen LogP contribution in [0.3, 0.4) is 0 Å². The average Bonchev–Trinajstić information content (AvgIpc) is 2.46. The van der Waals surface area contributed by atoms with Crippen LogP contribution in [-0.2, 0) is 13.0 Å². The second-order valence-corrected chi connectivity index (χ2v) is 4.41. The highest BCUT2D eigenvalue weighted by molar-refractivity contribution is 5.29. The van der Waals surface area contributed by atoms with Crippen LogP contribution in [0, 0.1) is 5.82 Å². The Morgan fingerprint density at radius 1 is 1.00 bits per heavy atom. The minimum absolute atomic E-state index is 0.297. The normalized spacial score (nSPS) is 10.4. The molecular formula is C16H18FNO. The Balaban J connectivity index is 1.80. The molecule has 0 heterocycles. The summed E-state index contributed by atoms with van der Waals surface area (Å²) in [4.78, 5) is 0. The van der Waals surface area contributed by atoms with Crippen molar-refractivity contribution in [2.45, 2.75) is 19.4 Å². The molecule has 2 rings (SSSR count). The Bertz CT molecular complexity index is 513. The highest BCUT2D eigenvalue weighted by Crippen LogP contribution is 2.18. The zero-order valence-electron chi connectivity index (χ0n) is 10.8. The molecule has 0 radical (unpaired) electrons. The van der Waals surface area contributed by atoms with Crippen molar-refractivity contribution in [2.24, 2.45) is 5.73 Å². The zero-order valence-corrected chi connectivity index (χ0v) is 10.8. The monoisotopic (exact) mass is 259 g/mol. The predicted octanol–water partition coefficient (Wildman–Crippen LogP) is 3.30. The van der Waals surface area contributed by atoms with Gasteiger partial charge in [0.2, 0.25) is 0 Å². The van der Waals surface area contributed by atoms with Crippen LogP contribution in [0.25, 0.3) is 0 Å². The van der Waals surface area contributed by atoms with Gasteiger partial charge in [-0.25, -0.2) is 4.39 Å². The number of aryl methyl sites for hydroxylation is 1. The first-order valence-electron chi connectivity index (χ1n) is 6.45. The maximum absolute atomic E-state index is 13.6. The van der Waals surface area contributed by atoms with Crippen LogP contribution in [0.1, 0.15) is 17.5 Å². The van der Waals surface area contributed by atoms with E-state index in [0.717, 1.165) is 18.4 Å².